The zero-order valence-corrected chi connectivity index (χ0v) is 12.5. The van der Waals surface area contributed by atoms with Gasteiger partial charge in [0.15, 0.2) is 0 Å². The van der Waals surface area contributed by atoms with Crippen LogP contribution in [-0.2, 0) is 11.3 Å². The summed E-state index contributed by atoms with van der Waals surface area (Å²) >= 11 is 0. The highest BCUT2D eigenvalue weighted by atomic mass is 16.5. The molecule has 1 aromatic rings. The number of hydrogen-bond acceptors (Lipinski definition) is 2. The molecule has 0 bridgehead atoms. The molecule has 1 N–H and O–H groups in total. The topological polar surface area (TPSA) is 38.3 Å². The summed E-state index contributed by atoms with van der Waals surface area (Å²) in [5.41, 5.74) is 1.02. The maximum Gasteiger partial charge on any atom is 0.407 e. The zero-order valence-electron chi connectivity index (χ0n) is 12.5. The van der Waals surface area contributed by atoms with Crippen LogP contribution in [0.3, 0.4) is 0 Å². The van der Waals surface area contributed by atoms with Gasteiger partial charge in [-0.15, -0.1) is 0 Å². The van der Waals surface area contributed by atoms with E-state index in [2.05, 4.69) is 19.2 Å². The van der Waals surface area contributed by atoms with Crippen LogP contribution >= 0.6 is 0 Å². The third-order valence-electron chi connectivity index (χ3n) is 4.25. The summed E-state index contributed by atoms with van der Waals surface area (Å²) in [4.78, 5) is 11.8. The fourth-order valence-corrected chi connectivity index (χ4v) is 2.86. The molecule has 1 aliphatic rings. The van der Waals surface area contributed by atoms with Gasteiger partial charge in [-0.2, -0.15) is 0 Å². The molecule has 1 aliphatic carbocycles. The molecule has 110 valence electrons. The molecule has 0 saturated heterocycles. The van der Waals surface area contributed by atoms with Gasteiger partial charge in [-0.3, -0.25) is 0 Å². The van der Waals surface area contributed by atoms with E-state index in [9.17, 15) is 4.79 Å². The Bertz CT molecular complexity index is 408. The molecule has 0 aliphatic heterocycles. The van der Waals surface area contributed by atoms with Gasteiger partial charge in [0, 0.05) is 6.04 Å². The Morgan fingerprint density at radius 1 is 1.20 bits per heavy atom. The monoisotopic (exact) mass is 275 g/mol. The SMILES string of the molecule is CC(C)C1CCC(NC(=O)OCc2ccccc2)CC1. The minimum atomic E-state index is -0.290. The van der Waals surface area contributed by atoms with Crippen LogP contribution in [0.4, 0.5) is 4.79 Å². The molecule has 2 rings (SSSR count). The molecule has 0 heterocycles. The third kappa shape index (κ3) is 4.55. The van der Waals surface area contributed by atoms with Crippen LogP contribution in [0.15, 0.2) is 30.3 Å². The first-order valence-electron chi connectivity index (χ1n) is 7.62. The molecule has 3 heteroatoms. The number of hydrogen-bond donors (Lipinski definition) is 1. The number of alkyl carbamates (subject to hydrolysis) is 1. The summed E-state index contributed by atoms with van der Waals surface area (Å²) in [5.74, 6) is 1.56. The molecule has 1 aromatic carbocycles. The van der Waals surface area contributed by atoms with Crippen LogP contribution < -0.4 is 5.32 Å². The summed E-state index contributed by atoms with van der Waals surface area (Å²) in [6.45, 7) is 4.91. The number of amides is 1. The van der Waals surface area contributed by atoms with Crippen molar-refractivity contribution in [1.82, 2.24) is 5.32 Å². The molecular formula is C17H25NO2. The Hall–Kier alpha value is -1.51. The van der Waals surface area contributed by atoms with Crippen molar-refractivity contribution in [2.45, 2.75) is 52.2 Å². The lowest BCUT2D eigenvalue weighted by Crippen LogP contribution is -2.38. The molecule has 1 fully saturated rings. The summed E-state index contributed by atoms with van der Waals surface area (Å²) in [7, 11) is 0. The number of carbonyl (C=O) groups excluding carboxylic acids is 1. The summed E-state index contributed by atoms with van der Waals surface area (Å²) in [6, 6.07) is 10.1. The maximum absolute atomic E-state index is 11.8. The molecule has 1 amide bonds. The van der Waals surface area contributed by atoms with E-state index in [1.807, 2.05) is 30.3 Å². The molecule has 0 atom stereocenters. The average molecular weight is 275 g/mol. The van der Waals surface area contributed by atoms with Crippen molar-refractivity contribution in [1.29, 1.82) is 0 Å². The molecule has 3 nitrogen and oxygen atoms in total. The fraction of sp³-hybridized carbons (Fsp3) is 0.588. The van der Waals surface area contributed by atoms with Crippen molar-refractivity contribution in [3.05, 3.63) is 35.9 Å². The van der Waals surface area contributed by atoms with Crippen molar-refractivity contribution >= 4 is 6.09 Å². The lowest BCUT2D eigenvalue weighted by Gasteiger charge is -2.31. The van der Waals surface area contributed by atoms with E-state index in [1.165, 1.54) is 12.8 Å². The van der Waals surface area contributed by atoms with Crippen LogP contribution in [0.1, 0.15) is 45.1 Å². The van der Waals surface area contributed by atoms with E-state index in [4.69, 9.17) is 4.74 Å². The first-order chi connectivity index (χ1) is 9.65. The van der Waals surface area contributed by atoms with Gasteiger partial charge < -0.3 is 10.1 Å². The van der Waals surface area contributed by atoms with Crippen LogP contribution in [0, 0.1) is 11.8 Å². The van der Waals surface area contributed by atoms with E-state index in [0.29, 0.717) is 6.61 Å². The molecule has 0 aromatic heterocycles. The lowest BCUT2D eigenvalue weighted by molar-refractivity contribution is 0.129. The molecule has 0 spiro atoms. The Balaban J connectivity index is 1.68. The van der Waals surface area contributed by atoms with Crippen molar-refractivity contribution in [2.24, 2.45) is 11.8 Å². The fourth-order valence-electron chi connectivity index (χ4n) is 2.86. The van der Waals surface area contributed by atoms with E-state index < -0.39 is 0 Å². The molecule has 0 unspecified atom stereocenters. The van der Waals surface area contributed by atoms with Crippen LogP contribution in [0.5, 0.6) is 0 Å². The standard InChI is InChI=1S/C17H25NO2/c1-13(2)15-8-10-16(11-9-15)18-17(19)20-12-14-6-4-3-5-7-14/h3-7,13,15-16H,8-12H2,1-2H3,(H,18,19). The van der Waals surface area contributed by atoms with Crippen molar-refractivity contribution < 1.29 is 9.53 Å². The van der Waals surface area contributed by atoms with Crippen LogP contribution in [0.2, 0.25) is 0 Å². The zero-order chi connectivity index (χ0) is 14.4. The van der Waals surface area contributed by atoms with Gasteiger partial charge in [0.2, 0.25) is 0 Å². The second-order valence-corrected chi connectivity index (χ2v) is 6.06. The molecular weight excluding hydrogens is 250 g/mol. The van der Waals surface area contributed by atoms with E-state index in [1.54, 1.807) is 0 Å². The smallest absolute Gasteiger partial charge is 0.407 e. The molecule has 0 radical (unpaired) electrons. The predicted octanol–water partition coefficient (Wildman–Crippen LogP) is 4.13. The van der Waals surface area contributed by atoms with Crippen molar-refractivity contribution in [2.75, 3.05) is 0 Å². The van der Waals surface area contributed by atoms with Gasteiger partial charge in [-0.05, 0) is 43.1 Å². The summed E-state index contributed by atoms with van der Waals surface area (Å²) < 4.78 is 5.26. The van der Waals surface area contributed by atoms with Gasteiger partial charge in [0.05, 0.1) is 0 Å². The summed E-state index contributed by atoms with van der Waals surface area (Å²) in [5, 5.41) is 2.99. The van der Waals surface area contributed by atoms with Gasteiger partial charge in [-0.25, -0.2) is 4.79 Å². The van der Waals surface area contributed by atoms with E-state index >= 15 is 0 Å². The maximum atomic E-state index is 11.8. The number of nitrogens with one attached hydrogen (secondary N) is 1. The predicted molar refractivity (Wildman–Crippen MR) is 80.3 cm³/mol. The second-order valence-electron chi connectivity index (χ2n) is 6.06. The quantitative estimate of drug-likeness (QED) is 0.897. The summed E-state index contributed by atoms with van der Waals surface area (Å²) in [6.07, 6.45) is 4.27. The number of ether oxygens (including phenoxy) is 1. The molecule has 20 heavy (non-hydrogen) atoms. The van der Waals surface area contributed by atoms with Gasteiger partial charge in [0.25, 0.3) is 0 Å². The third-order valence-corrected chi connectivity index (χ3v) is 4.25. The Labute approximate surface area is 121 Å². The van der Waals surface area contributed by atoms with Crippen LogP contribution in [0.25, 0.3) is 0 Å². The van der Waals surface area contributed by atoms with Gasteiger partial charge >= 0.3 is 6.09 Å². The number of rotatable bonds is 4. The van der Waals surface area contributed by atoms with E-state index in [0.717, 1.165) is 30.2 Å². The van der Waals surface area contributed by atoms with E-state index in [-0.39, 0.29) is 12.1 Å². The average Bonchev–Trinajstić information content (AvgIpc) is 2.47. The highest BCUT2D eigenvalue weighted by molar-refractivity contribution is 5.67. The Kier molecular flexibility index (Phi) is 5.45. The number of carbonyl (C=O) groups is 1. The largest absolute Gasteiger partial charge is 0.445 e. The number of benzene rings is 1. The molecule has 1 saturated carbocycles. The van der Waals surface area contributed by atoms with Crippen molar-refractivity contribution in [3.8, 4) is 0 Å². The highest BCUT2D eigenvalue weighted by Gasteiger charge is 2.24. The Morgan fingerprint density at radius 2 is 1.85 bits per heavy atom. The minimum absolute atomic E-state index is 0.285. The van der Waals surface area contributed by atoms with Crippen LogP contribution in [-0.4, -0.2) is 12.1 Å². The van der Waals surface area contributed by atoms with Gasteiger partial charge in [-0.1, -0.05) is 44.2 Å². The minimum Gasteiger partial charge on any atom is -0.445 e. The highest BCUT2D eigenvalue weighted by Crippen LogP contribution is 2.29. The Morgan fingerprint density at radius 3 is 2.45 bits per heavy atom. The van der Waals surface area contributed by atoms with Gasteiger partial charge in [0.1, 0.15) is 6.61 Å². The first-order valence-corrected chi connectivity index (χ1v) is 7.62. The lowest BCUT2D eigenvalue weighted by atomic mass is 9.80. The second kappa shape index (κ2) is 7.32. The first kappa shape index (κ1) is 14.9. The normalized spacial score (nSPS) is 22.6. The van der Waals surface area contributed by atoms with Crippen molar-refractivity contribution in [3.63, 3.8) is 0 Å².